The summed E-state index contributed by atoms with van der Waals surface area (Å²) < 4.78 is 0. The fourth-order valence-electron chi connectivity index (χ4n) is 12.0. The molecule has 0 atom stereocenters. The first-order chi connectivity index (χ1) is 32.3. The van der Waals surface area contributed by atoms with Crippen LogP contribution in [0.1, 0.15) is 49.9 Å². The summed E-state index contributed by atoms with van der Waals surface area (Å²) in [7, 11) is 0. The first-order valence-electron chi connectivity index (χ1n) is 23.4. The van der Waals surface area contributed by atoms with Crippen LogP contribution in [0.2, 0.25) is 0 Å². The monoisotopic (exact) mass is 840 g/mol. The molecule has 11 aromatic rings. The SMILES string of the molecule is CC1(C)c2ccccc2-c2cc3c(cc21)-c1ccc(-c2ccc(-c4c5ccccc5c(-c5ccccc5-c5ccccc5)c5ccc6ccccc6c45)c(-c4ccccc4)c2)cc1C3(C)C. The summed E-state index contributed by atoms with van der Waals surface area (Å²) in [6.45, 7) is 9.60. The second-order valence-corrected chi connectivity index (χ2v) is 19.5. The van der Waals surface area contributed by atoms with Crippen molar-refractivity contribution in [2.24, 2.45) is 0 Å². The van der Waals surface area contributed by atoms with Crippen LogP contribution in [-0.4, -0.2) is 0 Å². The normalized spacial score (nSPS) is 14.0. The number of hydrogen-bond acceptors (Lipinski definition) is 0. The summed E-state index contributed by atoms with van der Waals surface area (Å²) in [4.78, 5) is 0. The fourth-order valence-corrected chi connectivity index (χ4v) is 12.0. The van der Waals surface area contributed by atoms with Gasteiger partial charge in [0.05, 0.1) is 0 Å². The molecule has 13 rings (SSSR count). The van der Waals surface area contributed by atoms with Crippen molar-refractivity contribution in [1.82, 2.24) is 0 Å². The van der Waals surface area contributed by atoms with E-state index in [1.807, 2.05) is 0 Å². The Morgan fingerprint density at radius 2 is 0.712 bits per heavy atom. The standard InChI is InChI=1S/C66H48/c1-65(2)58-30-18-17-26-48(58)56-39-61-57(40-60(56)65)49-34-32-45(38-59(49)66(61,3)4)44-33-35-53(55(37-44)42-21-9-6-10-22-42)64-52-29-16-15-28-51(52)62(54-36-31-43-23-11-12-25-47(43)63(54)64)50-27-14-13-24-46(50)41-19-7-5-8-20-41/h5-40H,1-4H3. The third-order valence-corrected chi connectivity index (χ3v) is 15.3. The van der Waals surface area contributed by atoms with Gasteiger partial charge >= 0.3 is 0 Å². The van der Waals surface area contributed by atoms with Gasteiger partial charge in [-0.2, -0.15) is 0 Å². The number of rotatable bonds is 5. The molecule has 0 heterocycles. The van der Waals surface area contributed by atoms with E-state index in [1.54, 1.807) is 0 Å². The molecule has 0 unspecified atom stereocenters. The predicted octanol–water partition coefficient (Wildman–Crippen LogP) is 18.1. The van der Waals surface area contributed by atoms with E-state index >= 15 is 0 Å². The maximum Gasteiger partial charge on any atom is 0.0159 e. The summed E-state index contributed by atoms with van der Waals surface area (Å²) in [6, 6.07) is 82.0. The van der Waals surface area contributed by atoms with Crippen LogP contribution < -0.4 is 0 Å². The van der Waals surface area contributed by atoms with E-state index in [-0.39, 0.29) is 10.8 Å². The Labute approximate surface area is 387 Å². The van der Waals surface area contributed by atoms with Gasteiger partial charge in [0.2, 0.25) is 0 Å². The fraction of sp³-hybridized carbons (Fsp3) is 0.0909. The Bertz CT molecular complexity index is 3790. The highest BCUT2D eigenvalue weighted by atomic mass is 14.4. The Kier molecular flexibility index (Phi) is 8.40. The molecule has 0 heteroatoms. The minimum absolute atomic E-state index is 0.0424. The lowest BCUT2D eigenvalue weighted by Gasteiger charge is -2.24. The molecule has 0 saturated heterocycles. The van der Waals surface area contributed by atoms with Gasteiger partial charge in [0, 0.05) is 10.8 Å². The lowest BCUT2D eigenvalue weighted by molar-refractivity contribution is 0.652. The molecule has 0 nitrogen and oxygen atoms in total. The molecule has 2 aliphatic rings. The van der Waals surface area contributed by atoms with Crippen LogP contribution in [0, 0.1) is 0 Å². The molecular weight excluding hydrogens is 793 g/mol. The smallest absolute Gasteiger partial charge is 0.0159 e. The molecule has 11 aromatic carbocycles. The average molecular weight is 841 g/mol. The first kappa shape index (κ1) is 38.6. The highest BCUT2D eigenvalue weighted by molar-refractivity contribution is 6.29. The van der Waals surface area contributed by atoms with Crippen molar-refractivity contribution in [3.8, 4) is 77.9 Å². The molecule has 312 valence electrons. The maximum absolute atomic E-state index is 2.52. The molecule has 2 aliphatic carbocycles. The molecular formula is C66H48. The molecule has 0 aromatic heterocycles. The summed E-state index contributed by atoms with van der Waals surface area (Å²) in [5.41, 5.74) is 23.3. The Morgan fingerprint density at radius 1 is 0.242 bits per heavy atom. The topological polar surface area (TPSA) is 0 Å². The molecule has 0 saturated carbocycles. The van der Waals surface area contributed by atoms with E-state index < -0.39 is 0 Å². The zero-order chi connectivity index (χ0) is 44.3. The number of fused-ring (bicyclic) bond motifs is 10. The van der Waals surface area contributed by atoms with Crippen LogP contribution in [0.25, 0.3) is 110 Å². The minimum atomic E-state index is -0.153. The van der Waals surface area contributed by atoms with E-state index in [9.17, 15) is 0 Å². The lowest BCUT2D eigenvalue weighted by Crippen LogP contribution is -2.17. The van der Waals surface area contributed by atoms with Crippen LogP contribution in [0.3, 0.4) is 0 Å². The highest BCUT2D eigenvalue weighted by Crippen LogP contribution is 2.57. The molecule has 0 fully saturated rings. The van der Waals surface area contributed by atoms with Crippen molar-refractivity contribution in [2.45, 2.75) is 38.5 Å². The molecule has 0 N–H and O–H groups in total. The molecule has 0 bridgehead atoms. The average Bonchev–Trinajstić information content (AvgIpc) is 3.73. The molecule has 0 amide bonds. The van der Waals surface area contributed by atoms with Crippen molar-refractivity contribution in [3.63, 3.8) is 0 Å². The second kappa shape index (κ2) is 14.4. The van der Waals surface area contributed by atoms with E-state index in [0.29, 0.717) is 0 Å². The van der Waals surface area contributed by atoms with Gasteiger partial charge in [0.25, 0.3) is 0 Å². The summed E-state index contributed by atoms with van der Waals surface area (Å²) in [5.74, 6) is 0. The van der Waals surface area contributed by atoms with Gasteiger partial charge in [0.1, 0.15) is 0 Å². The van der Waals surface area contributed by atoms with Crippen LogP contribution in [0.4, 0.5) is 0 Å². The third kappa shape index (κ3) is 5.58. The largest absolute Gasteiger partial charge is 0.0622 e. The van der Waals surface area contributed by atoms with Gasteiger partial charge < -0.3 is 0 Å². The predicted molar refractivity (Wildman–Crippen MR) is 281 cm³/mol. The van der Waals surface area contributed by atoms with E-state index in [1.165, 1.54) is 132 Å². The molecule has 0 radical (unpaired) electrons. The van der Waals surface area contributed by atoms with Gasteiger partial charge in [0.15, 0.2) is 0 Å². The van der Waals surface area contributed by atoms with Crippen LogP contribution >= 0.6 is 0 Å². The summed E-state index contributed by atoms with van der Waals surface area (Å²) in [5, 5.41) is 7.53. The zero-order valence-corrected chi connectivity index (χ0v) is 37.8. The van der Waals surface area contributed by atoms with Gasteiger partial charge in [-0.3, -0.25) is 0 Å². The first-order valence-corrected chi connectivity index (χ1v) is 23.4. The Hall–Kier alpha value is -7.80. The Balaban J connectivity index is 1.04. The van der Waals surface area contributed by atoms with Crippen LogP contribution in [-0.2, 0) is 10.8 Å². The molecule has 0 aliphatic heterocycles. The van der Waals surface area contributed by atoms with E-state index in [0.717, 1.165) is 0 Å². The van der Waals surface area contributed by atoms with E-state index in [4.69, 9.17) is 0 Å². The summed E-state index contributed by atoms with van der Waals surface area (Å²) >= 11 is 0. The zero-order valence-electron chi connectivity index (χ0n) is 37.8. The van der Waals surface area contributed by atoms with Crippen LogP contribution in [0.5, 0.6) is 0 Å². The lowest BCUT2D eigenvalue weighted by atomic mass is 9.79. The number of hydrogen-bond donors (Lipinski definition) is 0. The van der Waals surface area contributed by atoms with E-state index in [2.05, 4.69) is 246 Å². The molecule has 66 heavy (non-hydrogen) atoms. The Morgan fingerprint density at radius 3 is 1.41 bits per heavy atom. The minimum Gasteiger partial charge on any atom is -0.0622 e. The van der Waals surface area contributed by atoms with Gasteiger partial charge in [-0.25, -0.2) is 0 Å². The molecule has 0 spiro atoms. The van der Waals surface area contributed by atoms with Crippen molar-refractivity contribution in [2.75, 3.05) is 0 Å². The maximum atomic E-state index is 2.52. The third-order valence-electron chi connectivity index (χ3n) is 15.3. The van der Waals surface area contributed by atoms with Crippen molar-refractivity contribution >= 4 is 32.3 Å². The highest BCUT2D eigenvalue weighted by Gasteiger charge is 2.41. The van der Waals surface area contributed by atoms with Crippen molar-refractivity contribution in [1.29, 1.82) is 0 Å². The second-order valence-electron chi connectivity index (χ2n) is 19.5. The van der Waals surface area contributed by atoms with Crippen molar-refractivity contribution < 1.29 is 0 Å². The number of benzene rings is 11. The van der Waals surface area contributed by atoms with Gasteiger partial charge in [-0.1, -0.05) is 222 Å². The quantitative estimate of drug-likeness (QED) is 0.120. The van der Waals surface area contributed by atoms with Gasteiger partial charge in [-0.15, -0.1) is 0 Å². The summed E-state index contributed by atoms with van der Waals surface area (Å²) in [6.07, 6.45) is 0. The van der Waals surface area contributed by atoms with Crippen LogP contribution in [0.15, 0.2) is 218 Å². The van der Waals surface area contributed by atoms with Crippen molar-refractivity contribution in [3.05, 3.63) is 241 Å². The van der Waals surface area contributed by atoms with Gasteiger partial charge in [-0.05, 0) is 157 Å².